The molecule has 0 saturated carbocycles. The fourth-order valence-corrected chi connectivity index (χ4v) is 5.07. The van der Waals surface area contributed by atoms with Gasteiger partial charge in [-0.15, -0.1) is 0 Å². The summed E-state index contributed by atoms with van der Waals surface area (Å²) in [5.41, 5.74) is 3.03. The van der Waals surface area contributed by atoms with Gasteiger partial charge in [0.05, 0.1) is 18.4 Å². The number of rotatable bonds is 7. The van der Waals surface area contributed by atoms with E-state index in [2.05, 4.69) is 10.3 Å². The fraction of sp³-hybridized carbons (Fsp3) is 0.478. The van der Waals surface area contributed by atoms with E-state index in [1.807, 2.05) is 0 Å². The van der Waals surface area contributed by atoms with Crippen LogP contribution in [0, 0.1) is 0 Å². The second-order valence-corrected chi connectivity index (χ2v) is 9.02. The smallest absolute Gasteiger partial charge is 0.348 e. The van der Waals surface area contributed by atoms with Crippen molar-refractivity contribution in [3.05, 3.63) is 51.6 Å². The molecule has 0 unspecified atom stereocenters. The van der Waals surface area contributed by atoms with Crippen molar-refractivity contribution < 1.29 is 14.3 Å². The highest BCUT2D eigenvalue weighted by Gasteiger charge is 2.24. The maximum atomic E-state index is 12.8. The molecule has 164 valence electrons. The van der Waals surface area contributed by atoms with Crippen LogP contribution in [0.2, 0.25) is 0 Å². The molecule has 1 atom stereocenters. The van der Waals surface area contributed by atoms with Gasteiger partial charge in [0.2, 0.25) is 5.91 Å². The number of ketones is 1. The predicted molar refractivity (Wildman–Crippen MR) is 120 cm³/mol. The Morgan fingerprint density at radius 1 is 1.26 bits per heavy atom. The number of nitrogens with one attached hydrogen (secondary N) is 1. The Balaban J connectivity index is 1.47. The van der Waals surface area contributed by atoms with Crippen LogP contribution in [0.5, 0.6) is 0 Å². The van der Waals surface area contributed by atoms with Crippen LogP contribution < -0.4 is 11.0 Å². The number of amides is 1. The lowest BCUT2D eigenvalue weighted by atomic mass is 9.97. The predicted octanol–water partition coefficient (Wildman–Crippen LogP) is 3.23. The largest absolute Gasteiger partial charge is 0.376 e. The molecule has 7 nitrogen and oxygen atoms in total. The van der Waals surface area contributed by atoms with Crippen LogP contribution in [0.4, 0.5) is 5.69 Å². The van der Waals surface area contributed by atoms with Crippen LogP contribution in [0.1, 0.15) is 54.2 Å². The van der Waals surface area contributed by atoms with Gasteiger partial charge in [0.15, 0.2) is 5.78 Å². The maximum Gasteiger partial charge on any atom is 0.348 e. The zero-order valence-electron chi connectivity index (χ0n) is 17.7. The van der Waals surface area contributed by atoms with E-state index in [1.54, 1.807) is 28.8 Å². The third-order valence-corrected chi connectivity index (χ3v) is 6.77. The molecule has 1 aromatic heterocycles. The van der Waals surface area contributed by atoms with E-state index in [0.29, 0.717) is 22.8 Å². The van der Waals surface area contributed by atoms with Gasteiger partial charge >= 0.3 is 5.69 Å². The SMILES string of the molecule is CC(=O)c1cccc(NC(=O)CSc2nc(=O)n(C[C@H]3CCCO3)c3c2CCCC3)c1. The minimum Gasteiger partial charge on any atom is -0.376 e. The summed E-state index contributed by atoms with van der Waals surface area (Å²) in [6.07, 6.45) is 5.94. The van der Waals surface area contributed by atoms with E-state index in [9.17, 15) is 14.4 Å². The summed E-state index contributed by atoms with van der Waals surface area (Å²) < 4.78 is 7.52. The number of carbonyl (C=O) groups excluding carboxylic acids is 2. The van der Waals surface area contributed by atoms with Gasteiger partial charge in [-0.2, -0.15) is 4.98 Å². The number of ether oxygens (including phenoxy) is 1. The molecule has 4 rings (SSSR count). The minimum atomic E-state index is -0.256. The monoisotopic (exact) mass is 441 g/mol. The Labute approximate surface area is 185 Å². The molecule has 2 aromatic rings. The van der Waals surface area contributed by atoms with Gasteiger partial charge in [0.1, 0.15) is 5.03 Å². The normalized spacial score (nSPS) is 17.9. The molecule has 0 bridgehead atoms. The maximum absolute atomic E-state index is 12.8. The molecular formula is C23H27N3O4S. The number of nitrogens with zero attached hydrogens (tertiary/aromatic N) is 2. The van der Waals surface area contributed by atoms with Gasteiger partial charge < -0.3 is 10.1 Å². The lowest BCUT2D eigenvalue weighted by Gasteiger charge is -2.24. The Kier molecular flexibility index (Phi) is 6.87. The summed E-state index contributed by atoms with van der Waals surface area (Å²) in [5, 5.41) is 3.49. The second-order valence-electron chi connectivity index (χ2n) is 8.05. The van der Waals surface area contributed by atoms with Gasteiger partial charge in [0.25, 0.3) is 0 Å². The molecule has 1 aliphatic heterocycles. The van der Waals surface area contributed by atoms with Gasteiger partial charge in [-0.25, -0.2) is 4.79 Å². The summed E-state index contributed by atoms with van der Waals surface area (Å²) in [6, 6.07) is 6.87. The molecule has 1 aliphatic carbocycles. The highest BCUT2D eigenvalue weighted by atomic mass is 32.2. The highest BCUT2D eigenvalue weighted by Crippen LogP contribution is 2.29. The Morgan fingerprint density at radius 2 is 2.10 bits per heavy atom. The van der Waals surface area contributed by atoms with Crippen molar-refractivity contribution in [1.29, 1.82) is 0 Å². The summed E-state index contributed by atoms with van der Waals surface area (Å²) in [4.78, 5) is 41.1. The molecule has 31 heavy (non-hydrogen) atoms. The zero-order chi connectivity index (χ0) is 21.8. The number of Topliss-reactive ketones (excluding diaryl/α,β-unsaturated/α-hetero) is 1. The van der Waals surface area contributed by atoms with Crippen molar-refractivity contribution in [2.45, 2.75) is 63.1 Å². The van der Waals surface area contributed by atoms with Crippen LogP contribution >= 0.6 is 11.8 Å². The first-order chi connectivity index (χ1) is 15.0. The van der Waals surface area contributed by atoms with E-state index in [0.717, 1.165) is 56.4 Å². The van der Waals surface area contributed by atoms with Crippen molar-refractivity contribution in [3.63, 3.8) is 0 Å². The molecule has 8 heteroatoms. The third-order valence-electron chi connectivity index (χ3n) is 5.75. The fourth-order valence-electron chi connectivity index (χ4n) is 4.19. The average molecular weight is 442 g/mol. The number of anilines is 1. The van der Waals surface area contributed by atoms with E-state index >= 15 is 0 Å². The van der Waals surface area contributed by atoms with Gasteiger partial charge in [-0.3, -0.25) is 14.2 Å². The van der Waals surface area contributed by atoms with E-state index in [1.165, 1.54) is 18.7 Å². The van der Waals surface area contributed by atoms with Crippen LogP contribution in [0.15, 0.2) is 34.1 Å². The van der Waals surface area contributed by atoms with Gasteiger partial charge in [0, 0.05) is 29.1 Å². The number of fused-ring (bicyclic) bond motifs is 1. The van der Waals surface area contributed by atoms with Crippen molar-refractivity contribution in [3.8, 4) is 0 Å². The molecule has 1 saturated heterocycles. The van der Waals surface area contributed by atoms with Crippen molar-refractivity contribution in [2.75, 3.05) is 17.7 Å². The van der Waals surface area contributed by atoms with E-state index in [-0.39, 0.29) is 29.2 Å². The second kappa shape index (κ2) is 9.78. The van der Waals surface area contributed by atoms with Crippen LogP contribution in [0.25, 0.3) is 0 Å². The number of carbonyl (C=O) groups is 2. The van der Waals surface area contributed by atoms with Crippen LogP contribution in [0.3, 0.4) is 0 Å². The third kappa shape index (κ3) is 5.25. The highest BCUT2D eigenvalue weighted by molar-refractivity contribution is 8.00. The number of aromatic nitrogens is 2. The van der Waals surface area contributed by atoms with E-state index in [4.69, 9.17) is 4.74 Å². The minimum absolute atomic E-state index is 0.0510. The summed E-state index contributed by atoms with van der Waals surface area (Å²) in [6.45, 7) is 2.81. The first-order valence-electron chi connectivity index (χ1n) is 10.8. The van der Waals surface area contributed by atoms with Crippen molar-refractivity contribution in [2.24, 2.45) is 0 Å². The molecule has 0 spiro atoms. The molecule has 2 aliphatic rings. The quantitative estimate of drug-likeness (QED) is 0.403. The number of hydrogen-bond donors (Lipinski definition) is 1. The first kappa shape index (κ1) is 21.8. The molecule has 1 aromatic carbocycles. The Bertz CT molecular complexity index is 1040. The molecular weight excluding hydrogens is 414 g/mol. The topological polar surface area (TPSA) is 90.3 Å². The standard InChI is InChI=1S/C23H27N3O4S/c1-15(27)16-6-4-7-17(12-16)24-21(28)14-31-22-19-9-2-3-10-20(19)26(23(29)25-22)13-18-8-5-11-30-18/h4,6-7,12,18H,2-3,5,8-11,13-14H2,1H3,(H,24,28)/t18-/m1/s1. The van der Waals surface area contributed by atoms with E-state index < -0.39 is 0 Å². The number of benzene rings is 1. The Morgan fingerprint density at radius 3 is 2.87 bits per heavy atom. The van der Waals surface area contributed by atoms with Crippen molar-refractivity contribution >= 4 is 29.1 Å². The molecule has 1 fully saturated rings. The van der Waals surface area contributed by atoms with Crippen molar-refractivity contribution in [1.82, 2.24) is 9.55 Å². The molecule has 1 N–H and O–H groups in total. The zero-order valence-corrected chi connectivity index (χ0v) is 18.5. The first-order valence-corrected chi connectivity index (χ1v) is 11.8. The number of hydrogen-bond acceptors (Lipinski definition) is 6. The van der Waals surface area contributed by atoms with Crippen LogP contribution in [-0.2, 0) is 28.9 Å². The van der Waals surface area contributed by atoms with Crippen LogP contribution in [-0.4, -0.2) is 39.7 Å². The molecule has 2 heterocycles. The number of thioether (sulfide) groups is 1. The Hall–Kier alpha value is -2.45. The summed E-state index contributed by atoms with van der Waals surface area (Å²) in [5.74, 6) is -0.0932. The lowest BCUT2D eigenvalue weighted by Crippen LogP contribution is -2.34. The average Bonchev–Trinajstić information content (AvgIpc) is 3.28. The van der Waals surface area contributed by atoms with Gasteiger partial charge in [-0.05, 0) is 57.6 Å². The molecule has 0 radical (unpaired) electrons. The summed E-state index contributed by atoms with van der Waals surface area (Å²) in [7, 11) is 0. The summed E-state index contributed by atoms with van der Waals surface area (Å²) >= 11 is 1.30. The molecule has 1 amide bonds. The lowest BCUT2D eigenvalue weighted by molar-refractivity contribution is -0.113. The van der Waals surface area contributed by atoms with Gasteiger partial charge in [-0.1, -0.05) is 23.9 Å².